The maximum absolute atomic E-state index is 11.6. The van der Waals surface area contributed by atoms with E-state index >= 15 is 0 Å². The Bertz CT molecular complexity index is 939. The third kappa shape index (κ3) is 2.44. The van der Waals surface area contributed by atoms with E-state index in [2.05, 4.69) is 10.1 Å². The summed E-state index contributed by atoms with van der Waals surface area (Å²) < 4.78 is 6.45. The van der Waals surface area contributed by atoms with Crippen LogP contribution in [0.3, 0.4) is 0 Å². The molecular formula is C13H7ClN4O3. The highest BCUT2D eigenvalue weighted by Crippen LogP contribution is 2.30. The van der Waals surface area contributed by atoms with Crippen molar-refractivity contribution >= 4 is 22.6 Å². The Kier molecular flexibility index (Phi) is 3.08. The zero-order chi connectivity index (χ0) is 15.0. The Labute approximate surface area is 122 Å². The summed E-state index contributed by atoms with van der Waals surface area (Å²) in [6, 6.07) is 5.92. The smallest absolute Gasteiger partial charge is 0.336 e. The first-order chi connectivity index (χ1) is 10.1. The molecule has 0 atom stereocenters. The average molecular weight is 303 g/mol. The molecule has 0 aliphatic carbocycles. The molecular weight excluding hydrogens is 296 g/mol. The largest absolute Gasteiger partial charge is 0.506 e. The summed E-state index contributed by atoms with van der Waals surface area (Å²) in [6.45, 7) is 0.220. The minimum atomic E-state index is -0.556. The monoisotopic (exact) mass is 302 g/mol. The molecule has 0 fully saturated rings. The summed E-state index contributed by atoms with van der Waals surface area (Å²) in [6.07, 6.45) is 1.39. The van der Waals surface area contributed by atoms with E-state index in [1.54, 1.807) is 0 Å². The van der Waals surface area contributed by atoms with E-state index in [-0.39, 0.29) is 28.7 Å². The molecule has 0 amide bonds. The van der Waals surface area contributed by atoms with E-state index < -0.39 is 5.63 Å². The second-order valence-corrected chi connectivity index (χ2v) is 4.68. The number of aromatic nitrogens is 3. The Morgan fingerprint density at radius 1 is 1.43 bits per heavy atom. The Balaban J connectivity index is 2.15. The van der Waals surface area contributed by atoms with Crippen molar-refractivity contribution in [2.45, 2.75) is 6.54 Å². The van der Waals surface area contributed by atoms with E-state index in [1.165, 1.54) is 29.2 Å². The lowest BCUT2D eigenvalue weighted by atomic mass is 10.1. The van der Waals surface area contributed by atoms with E-state index in [0.717, 1.165) is 0 Å². The molecule has 3 aromatic rings. The van der Waals surface area contributed by atoms with E-state index in [4.69, 9.17) is 21.3 Å². The predicted molar refractivity (Wildman–Crippen MR) is 73.0 cm³/mol. The first-order valence-electron chi connectivity index (χ1n) is 5.81. The summed E-state index contributed by atoms with van der Waals surface area (Å²) in [5.41, 5.74) is 0.261. The highest BCUT2D eigenvalue weighted by atomic mass is 35.5. The van der Waals surface area contributed by atoms with Crippen molar-refractivity contribution < 1.29 is 9.52 Å². The van der Waals surface area contributed by atoms with Crippen molar-refractivity contribution in [2.24, 2.45) is 0 Å². The van der Waals surface area contributed by atoms with Crippen LogP contribution in [0.15, 0.2) is 33.7 Å². The van der Waals surface area contributed by atoms with Gasteiger partial charge in [-0.25, -0.2) is 14.5 Å². The number of aromatic hydroxyl groups is 1. The van der Waals surface area contributed by atoms with Crippen LogP contribution in [0, 0.1) is 11.3 Å². The molecule has 0 saturated heterocycles. The quantitative estimate of drug-likeness (QED) is 0.722. The molecule has 0 saturated carbocycles. The molecule has 104 valence electrons. The highest BCUT2D eigenvalue weighted by Gasteiger charge is 2.11. The van der Waals surface area contributed by atoms with Crippen LogP contribution in [-0.2, 0) is 6.54 Å². The number of phenolic OH excluding ortho intramolecular Hbond substituents is 1. The number of rotatable bonds is 2. The Morgan fingerprint density at radius 3 is 2.95 bits per heavy atom. The second-order valence-electron chi connectivity index (χ2n) is 4.27. The zero-order valence-corrected chi connectivity index (χ0v) is 11.2. The standard InChI is InChI=1S/C13H7ClN4O3/c14-9-2-8-7(5-18-6-16-12(4-15)17-18)1-13(20)21-11(8)3-10(9)19/h1-3,6,19H,5H2. The van der Waals surface area contributed by atoms with Crippen LogP contribution in [0.4, 0.5) is 0 Å². The van der Waals surface area contributed by atoms with Gasteiger partial charge in [0.25, 0.3) is 5.82 Å². The fourth-order valence-electron chi connectivity index (χ4n) is 1.96. The maximum Gasteiger partial charge on any atom is 0.336 e. The second kappa shape index (κ2) is 4.92. The van der Waals surface area contributed by atoms with Crippen molar-refractivity contribution in [1.82, 2.24) is 14.8 Å². The van der Waals surface area contributed by atoms with Gasteiger partial charge in [-0.05, 0) is 11.6 Å². The Morgan fingerprint density at radius 2 is 2.24 bits per heavy atom. The SMILES string of the molecule is N#Cc1ncn(Cc2cc(=O)oc3cc(O)c(Cl)cc23)n1. The summed E-state index contributed by atoms with van der Waals surface area (Å²) in [5, 5.41) is 22.9. The molecule has 0 spiro atoms. The van der Waals surface area contributed by atoms with Crippen LogP contribution >= 0.6 is 11.6 Å². The van der Waals surface area contributed by atoms with Crippen molar-refractivity contribution in [2.75, 3.05) is 0 Å². The highest BCUT2D eigenvalue weighted by molar-refractivity contribution is 6.32. The molecule has 1 aromatic carbocycles. The summed E-state index contributed by atoms with van der Waals surface area (Å²) >= 11 is 5.88. The van der Waals surface area contributed by atoms with Crippen molar-refractivity contribution in [1.29, 1.82) is 5.26 Å². The molecule has 0 aliphatic heterocycles. The minimum Gasteiger partial charge on any atom is -0.506 e. The average Bonchev–Trinajstić information content (AvgIpc) is 2.88. The third-order valence-electron chi connectivity index (χ3n) is 2.87. The number of halogens is 1. The molecule has 1 N–H and O–H groups in total. The fraction of sp³-hybridized carbons (Fsp3) is 0.0769. The van der Waals surface area contributed by atoms with Crippen LogP contribution < -0.4 is 5.63 Å². The van der Waals surface area contributed by atoms with Gasteiger partial charge in [-0.2, -0.15) is 5.26 Å². The van der Waals surface area contributed by atoms with Gasteiger partial charge in [0.1, 0.15) is 23.7 Å². The molecule has 0 aliphatic rings. The zero-order valence-electron chi connectivity index (χ0n) is 10.4. The van der Waals surface area contributed by atoms with Gasteiger partial charge in [0.05, 0.1) is 11.6 Å². The molecule has 0 bridgehead atoms. The maximum atomic E-state index is 11.6. The first-order valence-corrected chi connectivity index (χ1v) is 6.19. The van der Waals surface area contributed by atoms with Gasteiger partial charge in [0, 0.05) is 17.5 Å². The minimum absolute atomic E-state index is 0.0398. The number of benzene rings is 1. The third-order valence-corrected chi connectivity index (χ3v) is 3.17. The van der Waals surface area contributed by atoms with Crippen molar-refractivity contribution in [3.8, 4) is 11.8 Å². The molecule has 2 heterocycles. The number of phenols is 1. The van der Waals surface area contributed by atoms with Gasteiger partial charge in [-0.15, -0.1) is 5.10 Å². The molecule has 3 rings (SSSR count). The summed E-state index contributed by atoms with van der Waals surface area (Å²) in [5.74, 6) is -0.130. The molecule has 0 radical (unpaired) electrons. The van der Waals surface area contributed by atoms with Crippen molar-refractivity contribution in [3.05, 3.63) is 51.4 Å². The number of hydrogen-bond acceptors (Lipinski definition) is 6. The Hall–Kier alpha value is -2.85. The topological polar surface area (TPSA) is 105 Å². The fourth-order valence-corrected chi connectivity index (χ4v) is 2.13. The van der Waals surface area contributed by atoms with Gasteiger partial charge in [-0.3, -0.25) is 0 Å². The van der Waals surface area contributed by atoms with Gasteiger partial charge in [0.2, 0.25) is 0 Å². The number of hydrogen-bond donors (Lipinski definition) is 1. The molecule has 7 nitrogen and oxygen atoms in total. The van der Waals surface area contributed by atoms with Gasteiger partial charge >= 0.3 is 5.63 Å². The number of nitriles is 1. The first kappa shape index (κ1) is 13.1. The van der Waals surface area contributed by atoms with Crippen LogP contribution in [0.2, 0.25) is 5.02 Å². The predicted octanol–water partition coefficient (Wildman–Crippen LogP) is 1.66. The molecule has 0 unspecified atom stereocenters. The lowest BCUT2D eigenvalue weighted by Crippen LogP contribution is -2.06. The van der Waals surface area contributed by atoms with E-state index in [1.807, 2.05) is 6.07 Å². The summed E-state index contributed by atoms with van der Waals surface area (Å²) in [4.78, 5) is 15.4. The lowest BCUT2D eigenvalue weighted by Gasteiger charge is -2.06. The van der Waals surface area contributed by atoms with Crippen LogP contribution in [-0.4, -0.2) is 19.9 Å². The normalized spacial score (nSPS) is 10.7. The molecule has 8 heteroatoms. The number of nitrogens with zero attached hydrogens (tertiary/aromatic N) is 4. The summed E-state index contributed by atoms with van der Waals surface area (Å²) in [7, 11) is 0. The van der Waals surface area contributed by atoms with E-state index in [9.17, 15) is 9.90 Å². The molecule has 21 heavy (non-hydrogen) atoms. The van der Waals surface area contributed by atoms with Gasteiger partial charge in [-0.1, -0.05) is 11.6 Å². The van der Waals surface area contributed by atoms with Gasteiger partial charge in [0.15, 0.2) is 0 Å². The van der Waals surface area contributed by atoms with Crippen molar-refractivity contribution in [3.63, 3.8) is 0 Å². The molecule has 2 aromatic heterocycles. The van der Waals surface area contributed by atoms with Gasteiger partial charge < -0.3 is 9.52 Å². The lowest BCUT2D eigenvalue weighted by molar-refractivity contribution is 0.473. The van der Waals surface area contributed by atoms with Crippen LogP contribution in [0.25, 0.3) is 11.0 Å². The van der Waals surface area contributed by atoms with Crippen LogP contribution in [0.1, 0.15) is 11.4 Å². The van der Waals surface area contributed by atoms with E-state index in [0.29, 0.717) is 10.9 Å². The number of fused-ring (bicyclic) bond motifs is 1. The van der Waals surface area contributed by atoms with Crippen LogP contribution in [0.5, 0.6) is 5.75 Å².